The van der Waals surface area contributed by atoms with Crippen molar-refractivity contribution in [1.82, 2.24) is 14.7 Å². The molecule has 112 valence electrons. The van der Waals surface area contributed by atoms with Crippen LogP contribution in [-0.2, 0) is 9.84 Å². The quantitative estimate of drug-likeness (QED) is 0.726. The topological polar surface area (TPSA) is 43.9 Å². The van der Waals surface area contributed by atoms with E-state index in [-0.39, 0.29) is 0 Å². The van der Waals surface area contributed by atoms with Crippen LogP contribution in [0.5, 0.6) is 0 Å². The maximum absolute atomic E-state index is 11.3. The standard InChI is InChI=1S/C13H27N3O2S/c1-14-7-9-16(10-8-14)12-15-5-3-13(4-6-15)11-19(2,17)18/h13H,3-12H2,1-2H3. The highest BCUT2D eigenvalue weighted by Gasteiger charge is 2.24. The van der Waals surface area contributed by atoms with Gasteiger partial charge in [-0.15, -0.1) is 0 Å². The Hall–Kier alpha value is -0.170. The molecule has 0 bridgehead atoms. The third kappa shape index (κ3) is 5.38. The summed E-state index contributed by atoms with van der Waals surface area (Å²) in [5, 5.41) is 0. The molecular weight excluding hydrogens is 262 g/mol. The van der Waals surface area contributed by atoms with Crippen molar-refractivity contribution in [3.05, 3.63) is 0 Å². The summed E-state index contributed by atoms with van der Waals surface area (Å²) in [5.74, 6) is 0.744. The minimum absolute atomic E-state index is 0.370. The van der Waals surface area contributed by atoms with E-state index in [2.05, 4.69) is 21.7 Å². The Balaban J connectivity index is 1.69. The molecule has 0 unspecified atom stereocenters. The molecule has 19 heavy (non-hydrogen) atoms. The van der Waals surface area contributed by atoms with Gasteiger partial charge in [0.1, 0.15) is 9.84 Å². The normalized spacial score (nSPS) is 25.8. The number of sulfone groups is 1. The van der Waals surface area contributed by atoms with Crippen LogP contribution in [0.15, 0.2) is 0 Å². The summed E-state index contributed by atoms with van der Waals surface area (Å²) in [5.41, 5.74) is 0. The van der Waals surface area contributed by atoms with Crippen LogP contribution >= 0.6 is 0 Å². The lowest BCUT2D eigenvalue weighted by Crippen LogP contribution is -2.50. The summed E-state index contributed by atoms with van der Waals surface area (Å²) < 4.78 is 22.6. The molecule has 0 spiro atoms. The molecule has 2 fully saturated rings. The molecule has 0 aromatic carbocycles. The second-order valence-corrected chi connectivity index (χ2v) is 8.40. The molecule has 2 heterocycles. The highest BCUT2D eigenvalue weighted by Crippen LogP contribution is 2.19. The first-order valence-corrected chi connectivity index (χ1v) is 9.29. The maximum Gasteiger partial charge on any atom is 0.147 e. The molecule has 0 amide bonds. The van der Waals surface area contributed by atoms with E-state index >= 15 is 0 Å². The largest absolute Gasteiger partial charge is 0.304 e. The Morgan fingerprint density at radius 2 is 1.47 bits per heavy atom. The molecule has 0 aliphatic carbocycles. The Kier molecular flexibility index (Phi) is 5.22. The lowest BCUT2D eigenvalue weighted by molar-refractivity contribution is 0.0653. The summed E-state index contributed by atoms with van der Waals surface area (Å²) in [6.07, 6.45) is 3.41. The molecule has 0 saturated carbocycles. The summed E-state index contributed by atoms with van der Waals surface area (Å²) in [4.78, 5) is 7.36. The zero-order chi connectivity index (χ0) is 13.9. The molecule has 5 nitrogen and oxygen atoms in total. The lowest BCUT2D eigenvalue weighted by atomic mass is 9.99. The van der Waals surface area contributed by atoms with Gasteiger partial charge in [-0.1, -0.05) is 0 Å². The molecule has 0 radical (unpaired) electrons. The smallest absolute Gasteiger partial charge is 0.147 e. The van der Waals surface area contributed by atoms with Crippen LogP contribution < -0.4 is 0 Å². The van der Waals surface area contributed by atoms with Gasteiger partial charge in [0.25, 0.3) is 0 Å². The predicted octanol–water partition coefficient (Wildman–Crippen LogP) is -0.0521. The SMILES string of the molecule is CN1CCN(CN2CCC(CS(C)(=O)=O)CC2)CC1. The number of rotatable bonds is 4. The van der Waals surface area contributed by atoms with Crippen molar-refractivity contribution in [2.75, 3.05) is 65.0 Å². The van der Waals surface area contributed by atoms with Gasteiger partial charge < -0.3 is 4.90 Å². The molecule has 0 aromatic rings. The van der Waals surface area contributed by atoms with Crippen molar-refractivity contribution in [1.29, 1.82) is 0 Å². The van der Waals surface area contributed by atoms with Gasteiger partial charge in [0.05, 0.1) is 12.4 Å². The van der Waals surface area contributed by atoms with Gasteiger partial charge >= 0.3 is 0 Å². The molecular formula is C13H27N3O2S. The van der Waals surface area contributed by atoms with Crippen LogP contribution in [0.25, 0.3) is 0 Å². The van der Waals surface area contributed by atoms with Crippen LogP contribution in [0.2, 0.25) is 0 Å². The molecule has 6 heteroatoms. The maximum atomic E-state index is 11.3. The molecule has 2 saturated heterocycles. The number of piperidine rings is 1. The fraction of sp³-hybridized carbons (Fsp3) is 1.00. The summed E-state index contributed by atoms with van der Waals surface area (Å²) >= 11 is 0. The highest BCUT2D eigenvalue weighted by atomic mass is 32.2. The van der Waals surface area contributed by atoms with Gasteiger partial charge in [0.15, 0.2) is 0 Å². The molecule has 2 aliphatic heterocycles. The van der Waals surface area contributed by atoms with Gasteiger partial charge in [-0.2, -0.15) is 0 Å². The Bertz CT molecular complexity index is 369. The van der Waals surface area contributed by atoms with Crippen LogP contribution in [0.1, 0.15) is 12.8 Å². The number of hydrogen-bond acceptors (Lipinski definition) is 5. The van der Waals surface area contributed by atoms with Crippen LogP contribution in [0.4, 0.5) is 0 Å². The van der Waals surface area contributed by atoms with E-state index in [1.165, 1.54) is 6.26 Å². The third-order valence-corrected chi connectivity index (χ3v) is 5.32. The van der Waals surface area contributed by atoms with E-state index in [0.717, 1.165) is 58.8 Å². The second-order valence-electron chi connectivity index (χ2n) is 6.22. The van der Waals surface area contributed by atoms with Gasteiger partial charge in [0, 0.05) is 32.4 Å². The fourth-order valence-electron chi connectivity index (χ4n) is 2.99. The van der Waals surface area contributed by atoms with Crippen molar-refractivity contribution in [3.63, 3.8) is 0 Å². The Morgan fingerprint density at radius 3 is 2.00 bits per heavy atom. The van der Waals surface area contributed by atoms with E-state index in [9.17, 15) is 8.42 Å². The van der Waals surface area contributed by atoms with Gasteiger partial charge in [-0.3, -0.25) is 9.80 Å². The van der Waals surface area contributed by atoms with Crippen molar-refractivity contribution < 1.29 is 8.42 Å². The first kappa shape index (κ1) is 15.2. The minimum Gasteiger partial charge on any atom is -0.304 e. The number of likely N-dealkylation sites (tertiary alicyclic amines) is 1. The first-order chi connectivity index (χ1) is 8.92. The highest BCUT2D eigenvalue weighted by molar-refractivity contribution is 7.90. The van der Waals surface area contributed by atoms with E-state index in [1.54, 1.807) is 0 Å². The molecule has 0 N–H and O–H groups in total. The molecule has 2 aliphatic rings. The molecule has 0 atom stereocenters. The lowest BCUT2D eigenvalue weighted by Gasteiger charge is -2.38. The fourth-order valence-corrected chi connectivity index (χ4v) is 4.18. The van der Waals surface area contributed by atoms with Crippen molar-refractivity contribution >= 4 is 9.84 Å². The number of nitrogens with zero attached hydrogens (tertiary/aromatic N) is 3. The van der Waals surface area contributed by atoms with E-state index in [0.29, 0.717) is 11.7 Å². The monoisotopic (exact) mass is 289 g/mol. The minimum atomic E-state index is -2.81. The van der Waals surface area contributed by atoms with Crippen LogP contribution in [0, 0.1) is 5.92 Å². The van der Waals surface area contributed by atoms with Gasteiger partial charge in [-0.05, 0) is 38.9 Å². The van der Waals surface area contributed by atoms with Crippen LogP contribution in [-0.4, -0.2) is 88.1 Å². The second kappa shape index (κ2) is 6.52. The van der Waals surface area contributed by atoms with Crippen LogP contribution in [0.3, 0.4) is 0 Å². The number of piperazine rings is 1. The third-order valence-electron chi connectivity index (χ3n) is 4.24. The van der Waals surface area contributed by atoms with Crippen molar-refractivity contribution in [2.24, 2.45) is 5.92 Å². The van der Waals surface area contributed by atoms with Gasteiger partial charge in [-0.25, -0.2) is 8.42 Å². The van der Waals surface area contributed by atoms with E-state index in [4.69, 9.17) is 0 Å². The summed E-state index contributed by atoms with van der Waals surface area (Å²) in [7, 11) is -0.634. The number of likely N-dealkylation sites (N-methyl/N-ethyl adjacent to an activating group) is 1. The predicted molar refractivity (Wildman–Crippen MR) is 77.9 cm³/mol. The zero-order valence-corrected chi connectivity index (χ0v) is 13.0. The summed E-state index contributed by atoms with van der Waals surface area (Å²) in [6, 6.07) is 0. The zero-order valence-electron chi connectivity index (χ0n) is 12.2. The summed E-state index contributed by atoms with van der Waals surface area (Å²) in [6.45, 7) is 7.77. The average molecular weight is 289 g/mol. The number of hydrogen-bond donors (Lipinski definition) is 0. The van der Waals surface area contributed by atoms with Crippen molar-refractivity contribution in [3.8, 4) is 0 Å². The molecule has 0 aromatic heterocycles. The van der Waals surface area contributed by atoms with Gasteiger partial charge in [0.2, 0.25) is 0 Å². The Labute approximate surface area is 117 Å². The Morgan fingerprint density at radius 1 is 0.947 bits per heavy atom. The van der Waals surface area contributed by atoms with Crippen molar-refractivity contribution in [2.45, 2.75) is 12.8 Å². The first-order valence-electron chi connectivity index (χ1n) is 7.23. The molecule has 2 rings (SSSR count). The van der Waals surface area contributed by atoms with E-state index < -0.39 is 9.84 Å². The van der Waals surface area contributed by atoms with E-state index in [1.807, 2.05) is 0 Å². The average Bonchev–Trinajstić information content (AvgIpc) is 2.33.